The van der Waals surface area contributed by atoms with Crippen LogP contribution in [0.2, 0.25) is 0 Å². The van der Waals surface area contributed by atoms with Crippen LogP contribution in [0.15, 0.2) is 12.0 Å². The van der Waals surface area contributed by atoms with E-state index in [-0.39, 0.29) is 0 Å². The van der Waals surface area contributed by atoms with Crippen LogP contribution in [-0.4, -0.2) is 20.3 Å². The summed E-state index contributed by atoms with van der Waals surface area (Å²) >= 11 is 0. The lowest BCUT2D eigenvalue weighted by Crippen LogP contribution is -2.03. The van der Waals surface area contributed by atoms with E-state index in [2.05, 4.69) is 15.2 Å². The maximum absolute atomic E-state index is 9.73. The summed E-state index contributed by atoms with van der Waals surface area (Å²) in [6, 6.07) is 0. The van der Waals surface area contributed by atoms with Crippen LogP contribution in [-0.2, 0) is 19.3 Å². The van der Waals surface area contributed by atoms with Crippen molar-refractivity contribution in [3.63, 3.8) is 0 Å². The highest BCUT2D eigenvalue weighted by Gasteiger charge is 2.28. The Morgan fingerprint density at radius 1 is 1.06 bits per heavy atom. The van der Waals surface area contributed by atoms with Crippen LogP contribution in [0.5, 0.6) is 0 Å². The Balaban J connectivity index is 2.13. The second kappa shape index (κ2) is 3.03. The molecule has 0 aromatic heterocycles. The van der Waals surface area contributed by atoms with E-state index in [1.54, 1.807) is 12.3 Å². The van der Waals surface area contributed by atoms with Crippen LogP contribution < -0.4 is 0 Å². The number of aromatic nitrogens is 3. The van der Waals surface area contributed by atoms with E-state index in [0.29, 0.717) is 12.2 Å². The van der Waals surface area contributed by atoms with E-state index in [9.17, 15) is 5.11 Å². The summed E-state index contributed by atoms with van der Waals surface area (Å²) < 4.78 is 0. The molecule has 2 heterocycles. The van der Waals surface area contributed by atoms with Crippen LogP contribution in [0.25, 0.3) is 17.2 Å². The van der Waals surface area contributed by atoms with Gasteiger partial charge in [-0.1, -0.05) is 0 Å². The third-order valence-corrected chi connectivity index (χ3v) is 3.55. The fourth-order valence-corrected chi connectivity index (χ4v) is 2.88. The van der Waals surface area contributed by atoms with Gasteiger partial charge < -0.3 is 5.11 Å². The zero-order valence-corrected chi connectivity index (χ0v) is 9.27. The minimum Gasteiger partial charge on any atom is -0.512 e. The van der Waals surface area contributed by atoms with Gasteiger partial charge in [-0.05, 0) is 25.3 Å². The summed E-state index contributed by atoms with van der Waals surface area (Å²) in [5, 5.41) is 18.1. The van der Waals surface area contributed by atoms with Crippen molar-refractivity contribution in [3.8, 4) is 11.1 Å². The van der Waals surface area contributed by atoms with E-state index >= 15 is 0 Å². The number of aliphatic hydroxyl groups is 1. The number of hydrogen-bond donors (Lipinski definition) is 1. The number of nitrogens with zero attached hydrogens (tertiary/aromatic N) is 3. The molecule has 0 saturated carbocycles. The third kappa shape index (κ3) is 1.15. The van der Waals surface area contributed by atoms with Crippen molar-refractivity contribution in [1.82, 2.24) is 15.2 Å². The van der Waals surface area contributed by atoms with Gasteiger partial charge in [-0.25, -0.2) is 0 Å². The molecule has 84 valence electrons. The number of allylic oxidation sites excluding steroid dienone is 1. The Bertz CT molecular complexity index is 633. The van der Waals surface area contributed by atoms with Gasteiger partial charge in [0.15, 0.2) is 0 Å². The maximum Gasteiger partial charge on any atom is 0.0989 e. The lowest BCUT2D eigenvalue weighted by Gasteiger charge is -2.13. The van der Waals surface area contributed by atoms with Gasteiger partial charge >= 0.3 is 0 Å². The van der Waals surface area contributed by atoms with E-state index < -0.39 is 0 Å². The van der Waals surface area contributed by atoms with Crippen LogP contribution in [0.1, 0.15) is 29.1 Å². The molecule has 0 bridgehead atoms. The third-order valence-electron chi connectivity index (χ3n) is 3.55. The first-order chi connectivity index (χ1) is 8.33. The number of rotatable bonds is 0. The predicted molar refractivity (Wildman–Crippen MR) is 62.8 cm³/mol. The van der Waals surface area contributed by atoms with Crippen LogP contribution in [0.4, 0.5) is 0 Å². The van der Waals surface area contributed by atoms with E-state index in [0.717, 1.165) is 47.5 Å². The molecule has 4 aliphatic rings. The highest BCUT2D eigenvalue weighted by atomic mass is 16.3. The fraction of sp³-hybridized carbons (Fsp3) is 0.308. The Labute approximate surface area is 98.4 Å². The molecule has 2 aliphatic carbocycles. The van der Waals surface area contributed by atoms with Crippen molar-refractivity contribution >= 4 is 6.08 Å². The van der Waals surface area contributed by atoms with Gasteiger partial charge in [0.25, 0.3) is 0 Å². The second-order valence-corrected chi connectivity index (χ2v) is 4.67. The van der Waals surface area contributed by atoms with Gasteiger partial charge in [-0.2, -0.15) is 10.2 Å². The largest absolute Gasteiger partial charge is 0.512 e. The number of hydrogen-bond acceptors (Lipinski definition) is 4. The zero-order valence-electron chi connectivity index (χ0n) is 9.27. The molecule has 4 heteroatoms. The van der Waals surface area contributed by atoms with Gasteiger partial charge in [-0.3, -0.25) is 4.98 Å². The average molecular weight is 225 g/mol. The summed E-state index contributed by atoms with van der Waals surface area (Å²) in [6.07, 6.45) is 7.11. The Kier molecular flexibility index (Phi) is 1.62. The minimum absolute atomic E-state index is 0.359. The van der Waals surface area contributed by atoms with Crippen molar-refractivity contribution in [2.45, 2.75) is 25.7 Å². The molecule has 0 saturated heterocycles. The fourth-order valence-electron chi connectivity index (χ4n) is 2.88. The van der Waals surface area contributed by atoms with Crippen molar-refractivity contribution in [2.75, 3.05) is 0 Å². The van der Waals surface area contributed by atoms with Crippen LogP contribution >= 0.6 is 0 Å². The van der Waals surface area contributed by atoms with Crippen LogP contribution in [0, 0.1) is 0 Å². The Morgan fingerprint density at radius 3 is 2.88 bits per heavy atom. The molecule has 0 amide bonds. The maximum atomic E-state index is 9.73. The Hall–Kier alpha value is -1.97. The van der Waals surface area contributed by atoms with Gasteiger partial charge in [-0.15, -0.1) is 0 Å². The second-order valence-electron chi connectivity index (χ2n) is 4.67. The quantitative estimate of drug-likeness (QED) is 0.744. The van der Waals surface area contributed by atoms with E-state index in [1.165, 1.54) is 5.56 Å². The lowest BCUT2D eigenvalue weighted by molar-refractivity contribution is 0.402. The van der Waals surface area contributed by atoms with Gasteiger partial charge in [0.05, 0.1) is 29.0 Å². The van der Waals surface area contributed by atoms with Crippen molar-refractivity contribution in [2.24, 2.45) is 0 Å². The van der Waals surface area contributed by atoms with Crippen molar-refractivity contribution in [1.29, 1.82) is 0 Å². The topological polar surface area (TPSA) is 58.9 Å². The highest BCUT2D eigenvalue weighted by Crippen LogP contribution is 2.41. The SMILES string of the molecule is OC1=Cc2cnnc3c4c(nc(c2-4)C1)CCC3. The minimum atomic E-state index is 0.359. The van der Waals surface area contributed by atoms with Crippen molar-refractivity contribution < 1.29 is 5.11 Å². The predicted octanol–water partition coefficient (Wildman–Crippen LogP) is 1.92. The molecular formula is C13H11N3O. The lowest BCUT2D eigenvalue weighted by atomic mass is 9.90. The molecule has 0 unspecified atom stereocenters. The molecule has 2 aliphatic heterocycles. The number of aliphatic hydroxyl groups excluding tert-OH is 1. The van der Waals surface area contributed by atoms with Crippen LogP contribution in [0.3, 0.4) is 0 Å². The molecule has 0 radical (unpaired) electrons. The molecule has 17 heavy (non-hydrogen) atoms. The van der Waals surface area contributed by atoms with Gasteiger partial charge in [0.2, 0.25) is 0 Å². The first-order valence-electron chi connectivity index (χ1n) is 5.88. The number of aryl methyl sites for hydroxylation is 2. The summed E-state index contributed by atoms with van der Waals surface area (Å²) in [5.74, 6) is 0.359. The Morgan fingerprint density at radius 2 is 1.94 bits per heavy atom. The molecule has 0 fully saturated rings. The standard InChI is InChI=1S/C13H11N3O/c17-8-4-7-6-14-16-10-3-1-2-9-13(10)12(7)11(5-8)15-9/h4,6,17H,1-3,5H2. The monoisotopic (exact) mass is 225 g/mol. The van der Waals surface area contributed by atoms with E-state index in [4.69, 9.17) is 0 Å². The summed E-state index contributed by atoms with van der Waals surface area (Å²) in [5.41, 5.74) is 6.44. The summed E-state index contributed by atoms with van der Waals surface area (Å²) in [7, 11) is 0. The zero-order chi connectivity index (χ0) is 11.4. The van der Waals surface area contributed by atoms with Crippen molar-refractivity contribution in [3.05, 3.63) is 34.6 Å². The first kappa shape index (κ1) is 9.10. The summed E-state index contributed by atoms with van der Waals surface area (Å²) in [4.78, 5) is 4.66. The average Bonchev–Trinajstić information content (AvgIpc) is 2.56. The molecule has 1 N–H and O–H groups in total. The smallest absolute Gasteiger partial charge is 0.0989 e. The molecule has 0 aromatic carbocycles. The molecular weight excluding hydrogens is 214 g/mol. The molecule has 4 nitrogen and oxygen atoms in total. The molecule has 0 spiro atoms. The van der Waals surface area contributed by atoms with Gasteiger partial charge in [0, 0.05) is 23.1 Å². The molecule has 0 aromatic rings. The first-order valence-corrected chi connectivity index (χ1v) is 5.88. The van der Waals surface area contributed by atoms with Gasteiger partial charge in [0.1, 0.15) is 0 Å². The van der Waals surface area contributed by atoms with E-state index in [1.807, 2.05) is 0 Å². The molecule has 0 atom stereocenters. The highest BCUT2D eigenvalue weighted by molar-refractivity contribution is 5.84. The molecule has 4 rings (SSSR count). The normalized spacial score (nSPS) is 17.1. The summed E-state index contributed by atoms with van der Waals surface area (Å²) in [6.45, 7) is 0.